The SMILES string of the molecule is COc1ncccc1-c1cc(Cl)c(C)cc1OCc1n[nH]c(=O)n1C. The maximum absolute atomic E-state index is 11.5. The van der Waals surface area contributed by atoms with Gasteiger partial charge in [0.25, 0.3) is 0 Å². The highest BCUT2D eigenvalue weighted by Gasteiger charge is 2.16. The molecule has 0 amide bonds. The molecule has 0 aliphatic rings. The predicted octanol–water partition coefficient (Wildman–Crippen LogP) is 2.72. The van der Waals surface area contributed by atoms with E-state index in [4.69, 9.17) is 21.1 Å². The highest BCUT2D eigenvalue weighted by Crippen LogP contribution is 2.38. The Kier molecular flexibility index (Phi) is 4.76. The van der Waals surface area contributed by atoms with Gasteiger partial charge in [0.1, 0.15) is 12.4 Å². The van der Waals surface area contributed by atoms with Gasteiger partial charge in [-0.1, -0.05) is 11.6 Å². The summed E-state index contributed by atoms with van der Waals surface area (Å²) in [7, 11) is 3.18. The number of methoxy groups -OCH3 is 1. The summed E-state index contributed by atoms with van der Waals surface area (Å²) in [6.07, 6.45) is 1.65. The zero-order chi connectivity index (χ0) is 18.0. The van der Waals surface area contributed by atoms with Crippen LogP contribution in [0.3, 0.4) is 0 Å². The Morgan fingerprint density at radius 3 is 2.80 bits per heavy atom. The first-order chi connectivity index (χ1) is 12.0. The molecule has 0 fully saturated rings. The third kappa shape index (κ3) is 3.36. The Balaban J connectivity index is 2.02. The monoisotopic (exact) mass is 360 g/mol. The van der Waals surface area contributed by atoms with Crippen molar-refractivity contribution in [3.05, 3.63) is 57.4 Å². The molecule has 0 spiro atoms. The molecule has 1 aromatic carbocycles. The fraction of sp³-hybridized carbons (Fsp3) is 0.235. The van der Waals surface area contributed by atoms with E-state index in [1.54, 1.807) is 20.4 Å². The Hall–Kier alpha value is -2.80. The molecule has 0 unspecified atom stereocenters. The number of rotatable bonds is 5. The van der Waals surface area contributed by atoms with E-state index in [0.717, 1.165) is 16.7 Å². The van der Waals surface area contributed by atoms with Crippen LogP contribution in [0.25, 0.3) is 11.1 Å². The Morgan fingerprint density at radius 2 is 2.12 bits per heavy atom. The van der Waals surface area contributed by atoms with Crippen molar-refractivity contribution in [1.82, 2.24) is 19.7 Å². The molecule has 7 nitrogen and oxygen atoms in total. The van der Waals surface area contributed by atoms with E-state index in [2.05, 4.69) is 15.2 Å². The second-order valence-electron chi connectivity index (χ2n) is 5.45. The maximum Gasteiger partial charge on any atom is 0.343 e. The van der Waals surface area contributed by atoms with E-state index in [0.29, 0.717) is 22.5 Å². The molecule has 130 valence electrons. The molecule has 25 heavy (non-hydrogen) atoms. The predicted molar refractivity (Wildman–Crippen MR) is 94.1 cm³/mol. The summed E-state index contributed by atoms with van der Waals surface area (Å²) < 4.78 is 12.7. The highest BCUT2D eigenvalue weighted by molar-refractivity contribution is 6.31. The molecule has 3 rings (SSSR count). The van der Waals surface area contributed by atoms with Gasteiger partial charge < -0.3 is 9.47 Å². The van der Waals surface area contributed by atoms with E-state index in [9.17, 15) is 4.79 Å². The molecule has 1 N–H and O–H groups in total. The topological polar surface area (TPSA) is 82.0 Å². The van der Waals surface area contributed by atoms with Gasteiger partial charge in [-0.05, 0) is 36.8 Å². The van der Waals surface area contributed by atoms with Crippen molar-refractivity contribution in [3.8, 4) is 22.8 Å². The van der Waals surface area contributed by atoms with Gasteiger partial charge in [-0.25, -0.2) is 14.9 Å². The molecule has 0 radical (unpaired) electrons. The zero-order valence-electron chi connectivity index (χ0n) is 14.0. The molecular formula is C17H17ClN4O3. The number of H-pyrrole nitrogens is 1. The van der Waals surface area contributed by atoms with E-state index in [-0.39, 0.29) is 12.3 Å². The first kappa shape index (κ1) is 17.0. The molecule has 2 heterocycles. The number of hydrogen-bond acceptors (Lipinski definition) is 5. The molecule has 2 aromatic heterocycles. The number of nitrogens with zero attached hydrogens (tertiary/aromatic N) is 3. The van der Waals surface area contributed by atoms with Gasteiger partial charge in [0.15, 0.2) is 5.82 Å². The molecule has 0 saturated carbocycles. The van der Waals surface area contributed by atoms with Gasteiger partial charge in [-0.15, -0.1) is 0 Å². The quantitative estimate of drug-likeness (QED) is 0.756. The van der Waals surface area contributed by atoms with Gasteiger partial charge in [0.05, 0.1) is 7.11 Å². The van der Waals surface area contributed by atoms with Crippen molar-refractivity contribution in [3.63, 3.8) is 0 Å². The molecule has 3 aromatic rings. The Morgan fingerprint density at radius 1 is 1.32 bits per heavy atom. The minimum Gasteiger partial charge on any atom is -0.485 e. The minimum absolute atomic E-state index is 0.131. The van der Waals surface area contributed by atoms with Crippen LogP contribution in [-0.2, 0) is 13.7 Å². The summed E-state index contributed by atoms with van der Waals surface area (Å²) in [6, 6.07) is 7.35. The second kappa shape index (κ2) is 6.98. The van der Waals surface area contributed by atoms with Crippen LogP contribution in [0.1, 0.15) is 11.4 Å². The highest BCUT2D eigenvalue weighted by atomic mass is 35.5. The molecule has 0 saturated heterocycles. The third-order valence-corrected chi connectivity index (χ3v) is 4.25. The number of aryl methyl sites for hydroxylation is 1. The van der Waals surface area contributed by atoms with Crippen molar-refractivity contribution in [1.29, 1.82) is 0 Å². The van der Waals surface area contributed by atoms with Crippen LogP contribution in [0.5, 0.6) is 11.6 Å². The first-order valence-corrected chi connectivity index (χ1v) is 7.91. The molecular weight excluding hydrogens is 344 g/mol. The van der Waals surface area contributed by atoms with Crippen LogP contribution >= 0.6 is 11.6 Å². The Labute approximate surface area is 149 Å². The smallest absolute Gasteiger partial charge is 0.343 e. The largest absolute Gasteiger partial charge is 0.485 e. The number of ether oxygens (including phenoxy) is 2. The van der Waals surface area contributed by atoms with Gasteiger partial charge in [0.2, 0.25) is 5.88 Å². The van der Waals surface area contributed by atoms with E-state index in [1.165, 1.54) is 4.57 Å². The Bertz CT molecular complexity index is 965. The van der Waals surface area contributed by atoms with Crippen LogP contribution in [0.2, 0.25) is 5.02 Å². The first-order valence-electron chi connectivity index (χ1n) is 7.54. The van der Waals surface area contributed by atoms with Gasteiger partial charge in [-0.3, -0.25) is 4.57 Å². The van der Waals surface area contributed by atoms with E-state index in [1.807, 2.05) is 31.2 Å². The van der Waals surface area contributed by atoms with Gasteiger partial charge in [-0.2, -0.15) is 5.10 Å². The summed E-state index contributed by atoms with van der Waals surface area (Å²) in [4.78, 5) is 15.7. The fourth-order valence-electron chi connectivity index (χ4n) is 2.39. The lowest BCUT2D eigenvalue weighted by molar-refractivity contribution is 0.292. The van der Waals surface area contributed by atoms with Crippen LogP contribution in [-0.4, -0.2) is 26.9 Å². The number of benzene rings is 1. The summed E-state index contributed by atoms with van der Waals surface area (Å²) >= 11 is 6.30. The van der Waals surface area contributed by atoms with Crippen molar-refractivity contribution in [2.75, 3.05) is 7.11 Å². The fourth-order valence-corrected chi connectivity index (χ4v) is 2.56. The summed E-state index contributed by atoms with van der Waals surface area (Å²) in [5.74, 6) is 1.56. The second-order valence-corrected chi connectivity index (χ2v) is 5.86. The minimum atomic E-state index is -0.292. The zero-order valence-corrected chi connectivity index (χ0v) is 14.8. The molecule has 0 bridgehead atoms. The van der Waals surface area contributed by atoms with Crippen LogP contribution in [0.4, 0.5) is 0 Å². The number of hydrogen-bond donors (Lipinski definition) is 1. The standard InChI is InChI=1S/C17H17ClN4O3/c1-10-7-14(25-9-15-20-21-17(23)22(15)2)12(8-13(10)18)11-5-4-6-19-16(11)24-3/h4-8H,9H2,1-3H3,(H,21,23). The van der Waals surface area contributed by atoms with Crippen molar-refractivity contribution >= 4 is 11.6 Å². The molecule has 0 aliphatic heterocycles. The number of pyridine rings is 1. The van der Waals surface area contributed by atoms with Crippen LogP contribution in [0, 0.1) is 6.92 Å². The number of halogens is 1. The summed E-state index contributed by atoms with van der Waals surface area (Å²) in [5.41, 5.74) is 2.10. The normalized spacial score (nSPS) is 10.7. The van der Waals surface area contributed by atoms with Crippen LogP contribution in [0.15, 0.2) is 35.3 Å². The molecule has 0 aliphatic carbocycles. The van der Waals surface area contributed by atoms with Gasteiger partial charge >= 0.3 is 5.69 Å². The van der Waals surface area contributed by atoms with E-state index < -0.39 is 0 Å². The van der Waals surface area contributed by atoms with Crippen molar-refractivity contribution < 1.29 is 9.47 Å². The van der Waals surface area contributed by atoms with Gasteiger partial charge in [0, 0.05) is 29.4 Å². The third-order valence-electron chi connectivity index (χ3n) is 3.84. The number of aromatic amines is 1. The van der Waals surface area contributed by atoms with E-state index >= 15 is 0 Å². The summed E-state index contributed by atoms with van der Waals surface area (Å²) in [6.45, 7) is 2.02. The number of aromatic nitrogens is 4. The lowest BCUT2D eigenvalue weighted by Gasteiger charge is -2.15. The average Bonchev–Trinajstić information content (AvgIpc) is 2.94. The maximum atomic E-state index is 11.5. The van der Waals surface area contributed by atoms with Crippen molar-refractivity contribution in [2.45, 2.75) is 13.5 Å². The number of nitrogens with one attached hydrogen (secondary N) is 1. The van der Waals surface area contributed by atoms with Crippen molar-refractivity contribution in [2.24, 2.45) is 7.05 Å². The van der Waals surface area contributed by atoms with Crippen LogP contribution < -0.4 is 15.2 Å². The summed E-state index contributed by atoms with van der Waals surface area (Å²) in [5, 5.41) is 6.94. The molecule has 8 heteroatoms. The average molecular weight is 361 g/mol. The molecule has 0 atom stereocenters. The lowest BCUT2D eigenvalue weighted by atomic mass is 10.0. The lowest BCUT2D eigenvalue weighted by Crippen LogP contribution is -2.15.